The van der Waals surface area contributed by atoms with E-state index in [-0.39, 0.29) is 24.1 Å². The Morgan fingerprint density at radius 3 is 2.38 bits per heavy atom. The largest absolute Gasteiger partial charge is 0.346 e. The fourth-order valence-electron chi connectivity index (χ4n) is 2.59. The number of hydrogen-bond donors (Lipinski definition) is 1. The van der Waals surface area contributed by atoms with Crippen molar-refractivity contribution in [2.75, 3.05) is 5.32 Å². The lowest BCUT2D eigenvalue weighted by Crippen LogP contribution is -2.20. The average molecular weight is 326 g/mol. The van der Waals surface area contributed by atoms with Crippen molar-refractivity contribution in [3.8, 4) is 0 Å². The Labute approximate surface area is 138 Å². The second-order valence-electron chi connectivity index (χ2n) is 5.43. The maximum atomic E-state index is 13.7. The van der Waals surface area contributed by atoms with Crippen LogP contribution in [-0.2, 0) is 4.79 Å². The van der Waals surface area contributed by atoms with Crippen molar-refractivity contribution in [1.82, 2.24) is 4.57 Å². The first-order valence-corrected chi connectivity index (χ1v) is 7.56. The SMILES string of the molecule is O=C(C[C@H](c1ccccc1)n1cccc1)Nc1ccc(F)cc1F. The fourth-order valence-corrected chi connectivity index (χ4v) is 2.59. The number of nitrogens with one attached hydrogen (secondary N) is 1. The smallest absolute Gasteiger partial charge is 0.226 e. The zero-order valence-electron chi connectivity index (χ0n) is 12.8. The molecule has 0 aliphatic heterocycles. The molecule has 0 fully saturated rings. The Kier molecular flexibility index (Phi) is 4.70. The number of amides is 1. The van der Waals surface area contributed by atoms with E-state index in [1.807, 2.05) is 59.4 Å². The Balaban J connectivity index is 1.79. The van der Waals surface area contributed by atoms with E-state index in [1.54, 1.807) is 0 Å². The quantitative estimate of drug-likeness (QED) is 0.741. The van der Waals surface area contributed by atoms with Gasteiger partial charge in [0, 0.05) is 18.5 Å². The third-order valence-electron chi connectivity index (χ3n) is 3.76. The van der Waals surface area contributed by atoms with Gasteiger partial charge in [0.1, 0.15) is 11.6 Å². The normalized spacial score (nSPS) is 11.9. The van der Waals surface area contributed by atoms with Gasteiger partial charge in [0.05, 0.1) is 18.2 Å². The van der Waals surface area contributed by atoms with Crippen LogP contribution in [-0.4, -0.2) is 10.5 Å². The van der Waals surface area contributed by atoms with Gasteiger partial charge >= 0.3 is 0 Å². The van der Waals surface area contributed by atoms with Crippen molar-refractivity contribution in [1.29, 1.82) is 0 Å². The van der Waals surface area contributed by atoms with Crippen LogP contribution in [0.3, 0.4) is 0 Å². The predicted octanol–water partition coefficient (Wildman–Crippen LogP) is 4.38. The molecule has 0 saturated heterocycles. The van der Waals surface area contributed by atoms with Crippen LogP contribution < -0.4 is 5.32 Å². The summed E-state index contributed by atoms with van der Waals surface area (Å²) < 4.78 is 28.6. The first-order valence-electron chi connectivity index (χ1n) is 7.56. The molecule has 2 aromatic carbocycles. The van der Waals surface area contributed by atoms with Gasteiger partial charge in [-0.25, -0.2) is 8.78 Å². The van der Waals surface area contributed by atoms with Crippen molar-refractivity contribution < 1.29 is 13.6 Å². The molecule has 122 valence electrons. The highest BCUT2D eigenvalue weighted by molar-refractivity contribution is 5.91. The molecular formula is C19H16F2N2O. The minimum atomic E-state index is -0.791. The van der Waals surface area contributed by atoms with Crippen LogP contribution in [0.4, 0.5) is 14.5 Å². The van der Waals surface area contributed by atoms with Crippen molar-refractivity contribution in [2.24, 2.45) is 0 Å². The molecule has 0 radical (unpaired) electrons. The van der Waals surface area contributed by atoms with Gasteiger partial charge in [-0.05, 0) is 29.8 Å². The van der Waals surface area contributed by atoms with Crippen LogP contribution in [0.2, 0.25) is 0 Å². The molecule has 1 heterocycles. The van der Waals surface area contributed by atoms with Gasteiger partial charge < -0.3 is 9.88 Å². The number of rotatable bonds is 5. The van der Waals surface area contributed by atoms with E-state index < -0.39 is 11.6 Å². The number of carbonyl (C=O) groups excluding carboxylic acids is 1. The van der Waals surface area contributed by atoms with E-state index in [9.17, 15) is 13.6 Å². The van der Waals surface area contributed by atoms with E-state index in [0.29, 0.717) is 0 Å². The summed E-state index contributed by atoms with van der Waals surface area (Å²) >= 11 is 0. The van der Waals surface area contributed by atoms with Crippen LogP contribution >= 0.6 is 0 Å². The van der Waals surface area contributed by atoms with E-state index in [2.05, 4.69) is 5.32 Å². The summed E-state index contributed by atoms with van der Waals surface area (Å²) in [6, 6.07) is 16.2. The van der Waals surface area contributed by atoms with Gasteiger partial charge in [-0.15, -0.1) is 0 Å². The number of benzene rings is 2. The highest BCUT2D eigenvalue weighted by Crippen LogP contribution is 2.23. The van der Waals surface area contributed by atoms with Gasteiger partial charge in [-0.2, -0.15) is 0 Å². The summed E-state index contributed by atoms with van der Waals surface area (Å²) in [5, 5.41) is 2.51. The summed E-state index contributed by atoms with van der Waals surface area (Å²) in [5.74, 6) is -1.82. The second kappa shape index (κ2) is 7.08. The number of halogens is 2. The standard InChI is InChI=1S/C19H16F2N2O/c20-15-8-9-17(16(21)12-15)22-19(24)13-18(23-10-4-5-11-23)14-6-2-1-3-7-14/h1-12,18H,13H2,(H,22,24)/t18-/m1/s1. The molecule has 3 rings (SSSR count). The average Bonchev–Trinajstić information content (AvgIpc) is 3.10. The lowest BCUT2D eigenvalue weighted by molar-refractivity contribution is -0.116. The highest BCUT2D eigenvalue weighted by Gasteiger charge is 2.18. The van der Waals surface area contributed by atoms with Crippen molar-refractivity contribution in [3.63, 3.8) is 0 Å². The van der Waals surface area contributed by atoms with Crippen LogP contribution in [0.15, 0.2) is 73.1 Å². The lowest BCUT2D eigenvalue weighted by Gasteiger charge is -2.19. The molecule has 0 bridgehead atoms. The van der Waals surface area contributed by atoms with Crippen LogP contribution in [0.25, 0.3) is 0 Å². The molecule has 3 nitrogen and oxygen atoms in total. The van der Waals surface area contributed by atoms with Gasteiger partial charge in [-0.3, -0.25) is 4.79 Å². The Hall–Kier alpha value is -2.95. The van der Waals surface area contributed by atoms with Crippen molar-refractivity contribution in [2.45, 2.75) is 12.5 Å². The third kappa shape index (κ3) is 3.68. The first kappa shape index (κ1) is 15.9. The Bertz CT molecular complexity index is 817. The van der Waals surface area contributed by atoms with Crippen molar-refractivity contribution >= 4 is 11.6 Å². The first-order chi connectivity index (χ1) is 11.6. The summed E-state index contributed by atoms with van der Waals surface area (Å²) in [6.45, 7) is 0. The Morgan fingerprint density at radius 2 is 1.71 bits per heavy atom. The topological polar surface area (TPSA) is 34.0 Å². The molecule has 5 heteroatoms. The molecule has 1 aromatic heterocycles. The van der Waals surface area contributed by atoms with Gasteiger partial charge in [0.25, 0.3) is 0 Å². The molecule has 1 atom stereocenters. The zero-order chi connectivity index (χ0) is 16.9. The molecule has 3 aromatic rings. The van der Waals surface area contributed by atoms with E-state index in [4.69, 9.17) is 0 Å². The van der Waals surface area contributed by atoms with Gasteiger partial charge in [-0.1, -0.05) is 30.3 Å². The molecule has 24 heavy (non-hydrogen) atoms. The molecule has 0 aliphatic carbocycles. The number of carbonyl (C=O) groups is 1. The number of nitrogens with zero attached hydrogens (tertiary/aromatic N) is 1. The number of anilines is 1. The van der Waals surface area contributed by atoms with Gasteiger partial charge in [0.2, 0.25) is 5.91 Å². The maximum Gasteiger partial charge on any atom is 0.226 e. The monoisotopic (exact) mass is 326 g/mol. The maximum absolute atomic E-state index is 13.7. The van der Waals surface area contributed by atoms with Crippen LogP contribution in [0, 0.1) is 11.6 Å². The molecule has 0 saturated carbocycles. The predicted molar refractivity (Wildman–Crippen MR) is 88.6 cm³/mol. The van der Waals surface area contributed by atoms with E-state index >= 15 is 0 Å². The van der Waals surface area contributed by atoms with Gasteiger partial charge in [0.15, 0.2) is 0 Å². The summed E-state index contributed by atoms with van der Waals surface area (Å²) in [4.78, 5) is 12.3. The molecule has 1 amide bonds. The fraction of sp³-hybridized carbons (Fsp3) is 0.105. The second-order valence-corrected chi connectivity index (χ2v) is 5.43. The number of aromatic nitrogens is 1. The highest BCUT2D eigenvalue weighted by atomic mass is 19.1. The molecule has 0 spiro atoms. The van der Waals surface area contributed by atoms with E-state index in [0.717, 1.165) is 17.7 Å². The van der Waals surface area contributed by atoms with Crippen LogP contribution in [0.5, 0.6) is 0 Å². The molecule has 0 aliphatic rings. The lowest BCUT2D eigenvalue weighted by atomic mass is 10.0. The summed E-state index contributed by atoms with van der Waals surface area (Å²) in [7, 11) is 0. The Morgan fingerprint density at radius 1 is 1.00 bits per heavy atom. The summed E-state index contributed by atoms with van der Waals surface area (Å²) in [5.41, 5.74) is 0.948. The molecular weight excluding hydrogens is 310 g/mol. The van der Waals surface area contributed by atoms with Crippen LogP contribution in [0.1, 0.15) is 18.0 Å². The minimum Gasteiger partial charge on any atom is -0.346 e. The minimum absolute atomic E-state index is 0.0271. The molecule has 0 unspecified atom stereocenters. The zero-order valence-corrected chi connectivity index (χ0v) is 12.8. The number of hydrogen-bond acceptors (Lipinski definition) is 1. The third-order valence-corrected chi connectivity index (χ3v) is 3.76. The summed E-state index contributed by atoms with van der Waals surface area (Å²) in [6.07, 6.45) is 3.89. The van der Waals surface area contributed by atoms with E-state index in [1.165, 1.54) is 6.07 Å². The molecule has 1 N–H and O–H groups in total. The van der Waals surface area contributed by atoms with Crippen molar-refractivity contribution in [3.05, 3.63) is 90.3 Å².